The van der Waals surface area contributed by atoms with E-state index >= 15 is 0 Å². The third kappa shape index (κ3) is 4.43. The molecule has 0 bridgehead atoms. The first-order valence-corrected chi connectivity index (χ1v) is 10.9. The number of ether oxygens (including phenoxy) is 5. The van der Waals surface area contributed by atoms with Gasteiger partial charge in [0.15, 0.2) is 0 Å². The zero-order valence-electron chi connectivity index (χ0n) is 18.4. The molecule has 2 saturated heterocycles. The summed E-state index contributed by atoms with van der Waals surface area (Å²) in [5.41, 5.74) is 4.07. The molecule has 2 fully saturated rings. The first-order chi connectivity index (χ1) is 14.5. The molecule has 7 heteroatoms. The molecule has 4 rings (SSSR count). The molecule has 3 aliphatic rings. The molecule has 1 aromatic carbocycles. The lowest BCUT2D eigenvalue weighted by Crippen LogP contribution is -2.38. The van der Waals surface area contributed by atoms with Crippen LogP contribution in [-0.4, -0.2) is 63.0 Å². The first kappa shape index (κ1) is 21.4. The predicted molar refractivity (Wildman–Crippen MR) is 111 cm³/mol. The fourth-order valence-electron chi connectivity index (χ4n) is 4.70. The molecule has 0 aliphatic carbocycles. The lowest BCUT2D eigenvalue weighted by Gasteiger charge is -2.28. The Labute approximate surface area is 178 Å². The third-order valence-electron chi connectivity index (χ3n) is 6.56. The van der Waals surface area contributed by atoms with E-state index in [-0.39, 0.29) is 5.97 Å². The molecule has 30 heavy (non-hydrogen) atoms. The van der Waals surface area contributed by atoms with Crippen LogP contribution in [0, 0.1) is 6.92 Å². The Balaban J connectivity index is 1.56. The number of rotatable bonds is 8. The van der Waals surface area contributed by atoms with Crippen LogP contribution in [0.25, 0.3) is 0 Å². The Kier molecular flexibility index (Phi) is 6.51. The Morgan fingerprint density at radius 2 is 1.87 bits per heavy atom. The van der Waals surface area contributed by atoms with E-state index in [0.717, 1.165) is 80.3 Å². The van der Waals surface area contributed by atoms with Crippen molar-refractivity contribution in [3.05, 3.63) is 22.3 Å². The fourth-order valence-corrected chi connectivity index (χ4v) is 4.70. The van der Waals surface area contributed by atoms with E-state index in [2.05, 4.69) is 11.8 Å². The van der Waals surface area contributed by atoms with E-state index in [0.29, 0.717) is 26.2 Å². The van der Waals surface area contributed by atoms with Gasteiger partial charge in [-0.3, -0.25) is 9.69 Å². The average Bonchev–Trinajstić information content (AvgIpc) is 3.36. The number of nitrogens with zero attached hydrogens (tertiary/aromatic N) is 1. The number of esters is 1. The van der Waals surface area contributed by atoms with Crippen LogP contribution < -0.4 is 9.47 Å². The van der Waals surface area contributed by atoms with E-state index in [4.69, 9.17) is 23.7 Å². The summed E-state index contributed by atoms with van der Waals surface area (Å²) >= 11 is 0. The highest BCUT2D eigenvalue weighted by Gasteiger charge is 2.36. The molecule has 0 aromatic heterocycles. The highest BCUT2D eigenvalue weighted by molar-refractivity contribution is 5.72. The largest absolute Gasteiger partial charge is 0.496 e. The number of cyclic esters (lactones) is 1. The second-order valence-corrected chi connectivity index (χ2v) is 8.64. The van der Waals surface area contributed by atoms with Gasteiger partial charge >= 0.3 is 5.97 Å². The van der Waals surface area contributed by atoms with Gasteiger partial charge in [0, 0.05) is 37.2 Å². The monoisotopic (exact) mass is 419 g/mol. The molecule has 7 nitrogen and oxygen atoms in total. The molecular weight excluding hydrogens is 386 g/mol. The maximum Gasteiger partial charge on any atom is 0.306 e. The van der Waals surface area contributed by atoms with Crippen molar-refractivity contribution in [1.29, 1.82) is 0 Å². The Hall–Kier alpha value is -1.83. The van der Waals surface area contributed by atoms with E-state index < -0.39 is 5.60 Å². The number of hydrogen-bond donors (Lipinski definition) is 0. The summed E-state index contributed by atoms with van der Waals surface area (Å²) < 4.78 is 29.0. The quantitative estimate of drug-likeness (QED) is 0.600. The van der Waals surface area contributed by atoms with Gasteiger partial charge in [0.2, 0.25) is 0 Å². The predicted octanol–water partition coefficient (Wildman–Crippen LogP) is 2.77. The van der Waals surface area contributed by atoms with Crippen molar-refractivity contribution < 1.29 is 28.5 Å². The normalized spacial score (nSPS) is 24.0. The van der Waals surface area contributed by atoms with Crippen molar-refractivity contribution in [2.75, 3.05) is 46.6 Å². The molecule has 1 atom stereocenters. The average molecular weight is 420 g/mol. The van der Waals surface area contributed by atoms with Gasteiger partial charge in [-0.05, 0) is 44.2 Å². The van der Waals surface area contributed by atoms with Gasteiger partial charge in [-0.2, -0.15) is 0 Å². The maximum absolute atomic E-state index is 11.7. The Morgan fingerprint density at radius 1 is 1.10 bits per heavy atom. The van der Waals surface area contributed by atoms with E-state index in [1.54, 1.807) is 7.11 Å². The molecule has 1 aromatic rings. The summed E-state index contributed by atoms with van der Waals surface area (Å²) in [6, 6.07) is 0. The van der Waals surface area contributed by atoms with E-state index in [9.17, 15) is 4.79 Å². The number of methoxy groups -OCH3 is 1. The molecular formula is C23H33NO6. The maximum atomic E-state index is 11.7. The Morgan fingerprint density at radius 3 is 2.57 bits per heavy atom. The van der Waals surface area contributed by atoms with E-state index in [1.807, 2.05) is 6.92 Å². The van der Waals surface area contributed by atoms with Crippen LogP contribution in [0.5, 0.6) is 11.5 Å². The highest BCUT2D eigenvalue weighted by Crippen LogP contribution is 2.44. The molecule has 0 spiro atoms. The minimum Gasteiger partial charge on any atom is -0.496 e. The highest BCUT2D eigenvalue weighted by atomic mass is 16.6. The molecule has 0 saturated carbocycles. The second kappa shape index (κ2) is 9.12. The lowest BCUT2D eigenvalue weighted by atomic mass is 9.90. The molecule has 3 aliphatic heterocycles. The first-order valence-electron chi connectivity index (χ1n) is 10.9. The summed E-state index contributed by atoms with van der Waals surface area (Å²) in [6.45, 7) is 10.2. The van der Waals surface area contributed by atoms with Gasteiger partial charge in [-0.25, -0.2) is 0 Å². The van der Waals surface area contributed by atoms with Crippen molar-refractivity contribution >= 4 is 5.97 Å². The molecule has 1 unspecified atom stereocenters. The van der Waals surface area contributed by atoms with Crippen LogP contribution in [-0.2, 0) is 38.6 Å². The van der Waals surface area contributed by atoms with Crippen molar-refractivity contribution in [1.82, 2.24) is 4.90 Å². The molecule has 0 radical (unpaired) electrons. The van der Waals surface area contributed by atoms with Crippen molar-refractivity contribution in [2.45, 2.75) is 58.3 Å². The molecule has 3 heterocycles. The summed E-state index contributed by atoms with van der Waals surface area (Å²) in [4.78, 5) is 14.0. The van der Waals surface area contributed by atoms with Crippen LogP contribution in [0.15, 0.2) is 0 Å². The summed E-state index contributed by atoms with van der Waals surface area (Å²) in [6.07, 6.45) is 2.73. The van der Waals surface area contributed by atoms with Crippen LogP contribution in [0.2, 0.25) is 0 Å². The van der Waals surface area contributed by atoms with Crippen LogP contribution in [0.3, 0.4) is 0 Å². The molecule has 0 N–H and O–H groups in total. The molecule has 0 amide bonds. The van der Waals surface area contributed by atoms with Gasteiger partial charge in [0.25, 0.3) is 0 Å². The number of hydrogen-bond acceptors (Lipinski definition) is 7. The summed E-state index contributed by atoms with van der Waals surface area (Å²) in [5.74, 6) is 1.66. The van der Waals surface area contributed by atoms with Gasteiger partial charge < -0.3 is 23.7 Å². The zero-order chi connectivity index (χ0) is 21.1. The zero-order valence-corrected chi connectivity index (χ0v) is 18.4. The van der Waals surface area contributed by atoms with Gasteiger partial charge in [-0.1, -0.05) is 0 Å². The van der Waals surface area contributed by atoms with Gasteiger partial charge in [0.05, 0.1) is 33.5 Å². The van der Waals surface area contributed by atoms with Crippen LogP contribution in [0.4, 0.5) is 0 Å². The number of morpholine rings is 1. The topological polar surface area (TPSA) is 66.5 Å². The van der Waals surface area contributed by atoms with Gasteiger partial charge in [-0.15, -0.1) is 0 Å². The number of fused-ring (bicyclic) bond motifs is 1. The SMILES string of the molecule is COc1c(C)c2c(c(OCCN3CCOCC3)c1CCC1(C)CCC(=O)O1)COC2. The summed E-state index contributed by atoms with van der Waals surface area (Å²) in [5, 5.41) is 0. The standard InChI is InChI=1S/C23H33NO6/c1-16-18-14-28-15-19(18)22(29-13-10-24-8-11-27-12-9-24)17(21(16)26-3)4-6-23(2)7-5-20(25)30-23/h4-15H2,1-3H3. The second-order valence-electron chi connectivity index (χ2n) is 8.64. The number of benzene rings is 1. The molecule has 166 valence electrons. The lowest BCUT2D eigenvalue weighted by molar-refractivity contribution is -0.147. The van der Waals surface area contributed by atoms with Crippen molar-refractivity contribution in [3.8, 4) is 11.5 Å². The van der Waals surface area contributed by atoms with Gasteiger partial charge in [0.1, 0.15) is 23.7 Å². The fraction of sp³-hybridized carbons (Fsp3) is 0.696. The number of carbonyl (C=O) groups is 1. The van der Waals surface area contributed by atoms with Crippen LogP contribution in [0.1, 0.15) is 48.4 Å². The van der Waals surface area contributed by atoms with Crippen LogP contribution >= 0.6 is 0 Å². The third-order valence-corrected chi connectivity index (χ3v) is 6.56. The van der Waals surface area contributed by atoms with E-state index in [1.165, 1.54) is 5.56 Å². The summed E-state index contributed by atoms with van der Waals surface area (Å²) in [7, 11) is 1.71. The minimum atomic E-state index is -0.420. The Bertz CT molecular complexity index is 789. The smallest absolute Gasteiger partial charge is 0.306 e. The minimum absolute atomic E-state index is 0.106. The van der Waals surface area contributed by atoms with Crippen molar-refractivity contribution in [3.63, 3.8) is 0 Å². The number of carbonyl (C=O) groups excluding carboxylic acids is 1. The van der Waals surface area contributed by atoms with Crippen molar-refractivity contribution in [2.24, 2.45) is 0 Å².